The molecule has 2 amide bonds. The number of hydrogen-bond acceptors (Lipinski definition) is 4. The van der Waals surface area contributed by atoms with Gasteiger partial charge in [-0.15, -0.1) is 9.89 Å². The van der Waals surface area contributed by atoms with Crippen LogP contribution >= 0.6 is 15.9 Å². The summed E-state index contributed by atoms with van der Waals surface area (Å²) in [5.41, 5.74) is 2.75. The number of amides is 2. The molecule has 0 aliphatic rings. The van der Waals surface area contributed by atoms with E-state index in [1.807, 2.05) is 36.4 Å². The van der Waals surface area contributed by atoms with Crippen LogP contribution in [0.3, 0.4) is 0 Å². The zero-order valence-electron chi connectivity index (χ0n) is 16.1. The van der Waals surface area contributed by atoms with Gasteiger partial charge in [0, 0.05) is 21.2 Å². The molecule has 0 N–H and O–H groups in total. The minimum absolute atomic E-state index is 0.377. The molecule has 0 bridgehead atoms. The lowest BCUT2D eigenvalue weighted by Gasteiger charge is -2.21. The number of halogens is 1. The van der Waals surface area contributed by atoms with Crippen molar-refractivity contribution in [2.75, 3.05) is 5.01 Å². The number of imide groups is 1. The summed E-state index contributed by atoms with van der Waals surface area (Å²) in [5.74, 6) is -0.973. The molecule has 6 nitrogen and oxygen atoms in total. The fourth-order valence-electron chi connectivity index (χ4n) is 3.06. The van der Waals surface area contributed by atoms with Gasteiger partial charge in [0.25, 0.3) is 11.8 Å². The van der Waals surface area contributed by atoms with Gasteiger partial charge in [-0.2, -0.15) is 5.01 Å². The molecule has 1 heterocycles. The standard InChI is InChI=1S/C23H17BrN4O2/c1-16-21(17-12-14-20(24)15-13-17)25-26-28(16)27(22(29)18-8-4-2-5-9-18)23(30)19-10-6-3-7-11-19/h2-15H,1H3. The molecular formula is C23H17BrN4O2. The predicted octanol–water partition coefficient (Wildman–Crippen LogP) is 4.63. The molecular weight excluding hydrogens is 444 g/mol. The van der Waals surface area contributed by atoms with Crippen molar-refractivity contribution in [3.05, 3.63) is 106 Å². The van der Waals surface area contributed by atoms with E-state index >= 15 is 0 Å². The van der Waals surface area contributed by atoms with E-state index in [0.29, 0.717) is 22.5 Å². The Morgan fingerprint density at radius 1 is 0.800 bits per heavy atom. The number of aromatic nitrogens is 3. The average Bonchev–Trinajstić information content (AvgIpc) is 3.16. The zero-order valence-corrected chi connectivity index (χ0v) is 17.7. The maximum absolute atomic E-state index is 13.3. The van der Waals surface area contributed by atoms with Crippen molar-refractivity contribution in [2.45, 2.75) is 6.92 Å². The molecule has 0 atom stereocenters. The maximum atomic E-state index is 13.3. The van der Waals surface area contributed by atoms with E-state index in [1.165, 1.54) is 4.79 Å². The van der Waals surface area contributed by atoms with Gasteiger partial charge in [-0.1, -0.05) is 64.5 Å². The summed E-state index contributed by atoms with van der Waals surface area (Å²) in [6.45, 7) is 1.78. The summed E-state index contributed by atoms with van der Waals surface area (Å²) >= 11 is 3.42. The van der Waals surface area contributed by atoms with Crippen LogP contribution in [0.4, 0.5) is 0 Å². The van der Waals surface area contributed by atoms with Gasteiger partial charge in [0.15, 0.2) is 0 Å². The fraction of sp³-hybridized carbons (Fsp3) is 0.0435. The smallest absolute Gasteiger partial charge is 0.267 e. The molecule has 7 heteroatoms. The molecule has 0 spiro atoms. The third-order valence-corrected chi connectivity index (χ3v) is 5.13. The molecule has 30 heavy (non-hydrogen) atoms. The van der Waals surface area contributed by atoms with Gasteiger partial charge in [-0.05, 0) is 48.5 Å². The third kappa shape index (κ3) is 3.79. The quantitative estimate of drug-likeness (QED) is 0.416. The molecule has 3 aromatic carbocycles. The zero-order chi connectivity index (χ0) is 21.1. The topological polar surface area (TPSA) is 68.1 Å². The lowest BCUT2D eigenvalue weighted by Crippen LogP contribution is -2.46. The number of hydrogen-bond donors (Lipinski definition) is 0. The Bertz CT molecular complexity index is 1140. The van der Waals surface area contributed by atoms with E-state index < -0.39 is 11.8 Å². The lowest BCUT2D eigenvalue weighted by atomic mass is 10.1. The van der Waals surface area contributed by atoms with Crippen LogP contribution in [0.25, 0.3) is 11.3 Å². The highest BCUT2D eigenvalue weighted by Crippen LogP contribution is 2.23. The van der Waals surface area contributed by atoms with Crippen LogP contribution in [-0.4, -0.2) is 26.9 Å². The second kappa shape index (κ2) is 8.42. The van der Waals surface area contributed by atoms with Gasteiger partial charge in [0.1, 0.15) is 5.69 Å². The van der Waals surface area contributed by atoms with Gasteiger partial charge < -0.3 is 0 Å². The van der Waals surface area contributed by atoms with Crippen LogP contribution in [0.15, 0.2) is 89.4 Å². The highest BCUT2D eigenvalue weighted by atomic mass is 79.9. The van der Waals surface area contributed by atoms with E-state index in [4.69, 9.17) is 0 Å². The summed E-state index contributed by atoms with van der Waals surface area (Å²) in [6.07, 6.45) is 0. The van der Waals surface area contributed by atoms with Crippen LogP contribution in [-0.2, 0) is 0 Å². The van der Waals surface area contributed by atoms with Crippen LogP contribution in [0.2, 0.25) is 0 Å². The van der Waals surface area contributed by atoms with E-state index in [2.05, 4.69) is 26.2 Å². The molecule has 1 aromatic heterocycles. The minimum Gasteiger partial charge on any atom is -0.267 e. The first-order valence-electron chi connectivity index (χ1n) is 9.23. The molecule has 0 unspecified atom stereocenters. The van der Waals surface area contributed by atoms with Crippen molar-refractivity contribution in [2.24, 2.45) is 0 Å². The van der Waals surface area contributed by atoms with Crippen LogP contribution in [0.1, 0.15) is 26.4 Å². The Morgan fingerprint density at radius 3 is 1.80 bits per heavy atom. The molecule has 4 rings (SSSR count). The van der Waals surface area contributed by atoms with E-state index in [1.54, 1.807) is 55.5 Å². The van der Waals surface area contributed by atoms with Crippen molar-refractivity contribution in [1.29, 1.82) is 0 Å². The molecule has 4 aromatic rings. The van der Waals surface area contributed by atoms with E-state index in [0.717, 1.165) is 15.0 Å². The SMILES string of the molecule is Cc1c(-c2ccc(Br)cc2)nnn1N(C(=O)c1ccccc1)C(=O)c1ccccc1. The molecule has 0 radical (unpaired) electrons. The first kappa shape index (κ1) is 19.7. The van der Waals surface area contributed by atoms with Crippen LogP contribution in [0.5, 0.6) is 0 Å². The summed E-state index contributed by atoms with van der Waals surface area (Å²) in [4.78, 5) is 27.9. The molecule has 148 valence electrons. The lowest BCUT2D eigenvalue weighted by molar-refractivity contribution is 0.0846. The molecule has 0 aliphatic heterocycles. The number of benzene rings is 3. The maximum Gasteiger partial charge on any atom is 0.281 e. The normalized spacial score (nSPS) is 10.6. The van der Waals surface area contributed by atoms with Gasteiger partial charge in [-0.25, -0.2) is 0 Å². The third-order valence-electron chi connectivity index (χ3n) is 4.61. The summed E-state index contributed by atoms with van der Waals surface area (Å²) < 4.78 is 0.941. The molecule has 0 saturated carbocycles. The Labute approximate surface area is 181 Å². The Morgan fingerprint density at radius 2 is 1.30 bits per heavy atom. The van der Waals surface area contributed by atoms with Gasteiger partial charge >= 0.3 is 0 Å². The number of carbonyl (C=O) groups excluding carboxylic acids is 2. The van der Waals surface area contributed by atoms with Crippen molar-refractivity contribution in [3.8, 4) is 11.3 Å². The van der Waals surface area contributed by atoms with E-state index in [9.17, 15) is 9.59 Å². The van der Waals surface area contributed by atoms with Gasteiger partial charge in [-0.3, -0.25) is 9.59 Å². The van der Waals surface area contributed by atoms with Gasteiger partial charge in [0.05, 0.1) is 5.69 Å². The monoisotopic (exact) mass is 460 g/mol. The first-order valence-corrected chi connectivity index (χ1v) is 10.0. The largest absolute Gasteiger partial charge is 0.281 e. The van der Waals surface area contributed by atoms with E-state index in [-0.39, 0.29) is 0 Å². The van der Waals surface area contributed by atoms with Crippen molar-refractivity contribution >= 4 is 27.7 Å². The molecule has 0 saturated heterocycles. The highest BCUT2D eigenvalue weighted by Gasteiger charge is 2.29. The average molecular weight is 461 g/mol. The Hall–Kier alpha value is -3.58. The van der Waals surface area contributed by atoms with Crippen LogP contribution < -0.4 is 5.01 Å². The highest BCUT2D eigenvalue weighted by molar-refractivity contribution is 9.10. The molecule has 0 fully saturated rings. The number of carbonyl (C=O) groups is 2. The summed E-state index contributed by atoms with van der Waals surface area (Å²) in [5, 5.41) is 9.41. The van der Waals surface area contributed by atoms with Crippen molar-refractivity contribution < 1.29 is 9.59 Å². The second-order valence-corrected chi connectivity index (χ2v) is 7.49. The van der Waals surface area contributed by atoms with Gasteiger partial charge in [0.2, 0.25) is 0 Å². The second-order valence-electron chi connectivity index (χ2n) is 6.57. The number of rotatable bonds is 4. The summed E-state index contributed by atoms with van der Waals surface area (Å²) in [7, 11) is 0. The number of nitrogens with zero attached hydrogens (tertiary/aromatic N) is 4. The summed E-state index contributed by atoms with van der Waals surface area (Å²) in [6, 6.07) is 24.9. The van der Waals surface area contributed by atoms with Crippen molar-refractivity contribution in [1.82, 2.24) is 15.1 Å². The Balaban J connectivity index is 1.81. The predicted molar refractivity (Wildman–Crippen MR) is 118 cm³/mol. The minimum atomic E-state index is -0.486. The fourth-order valence-corrected chi connectivity index (χ4v) is 3.32. The molecule has 0 aliphatic carbocycles. The Kier molecular flexibility index (Phi) is 5.54. The van der Waals surface area contributed by atoms with Crippen molar-refractivity contribution in [3.63, 3.8) is 0 Å². The first-order chi connectivity index (χ1) is 14.6. The van der Waals surface area contributed by atoms with Crippen LogP contribution in [0, 0.1) is 6.92 Å².